The fraction of sp³-hybridized carbons (Fsp3) is 0.471. The van der Waals surface area contributed by atoms with E-state index in [-0.39, 0.29) is 17.8 Å². The second-order valence-corrected chi connectivity index (χ2v) is 5.67. The lowest BCUT2D eigenvalue weighted by molar-refractivity contribution is -0.153. The molecule has 0 unspecified atom stereocenters. The van der Waals surface area contributed by atoms with Crippen molar-refractivity contribution >= 4 is 5.97 Å². The summed E-state index contributed by atoms with van der Waals surface area (Å²) in [5.74, 6) is 0.565. The molecule has 0 aliphatic heterocycles. The van der Waals surface area contributed by atoms with Gasteiger partial charge in [-0.15, -0.1) is 0 Å². The van der Waals surface area contributed by atoms with Crippen LogP contribution < -0.4 is 0 Å². The Morgan fingerprint density at radius 1 is 1.26 bits per heavy atom. The summed E-state index contributed by atoms with van der Waals surface area (Å²) in [5.41, 5.74) is 2.42. The van der Waals surface area contributed by atoms with Crippen molar-refractivity contribution in [3.05, 3.63) is 47.5 Å². The van der Waals surface area contributed by atoms with Crippen molar-refractivity contribution in [3.8, 4) is 0 Å². The van der Waals surface area contributed by atoms with Crippen LogP contribution in [0.2, 0.25) is 0 Å². The maximum atomic E-state index is 12.2. The number of esters is 1. The van der Waals surface area contributed by atoms with Gasteiger partial charge in [0.1, 0.15) is 6.61 Å². The molecule has 0 radical (unpaired) electrons. The molecule has 0 N–H and O–H groups in total. The average Bonchev–Trinajstić information content (AvgIpc) is 2.36. The Morgan fingerprint density at radius 2 is 1.95 bits per heavy atom. The van der Waals surface area contributed by atoms with Gasteiger partial charge < -0.3 is 4.74 Å². The van der Waals surface area contributed by atoms with Crippen LogP contribution in [0.4, 0.5) is 0 Å². The van der Waals surface area contributed by atoms with Crippen molar-refractivity contribution in [3.63, 3.8) is 0 Å². The molecule has 102 valence electrons. The van der Waals surface area contributed by atoms with Crippen LogP contribution >= 0.6 is 0 Å². The van der Waals surface area contributed by atoms with Gasteiger partial charge in [-0.1, -0.05) is 55.8 Å². The third kappa shape index (κ3) is 3.46. The van der Waals surface area contributed by atoms with Crippen molar-refractivity contribution in [1.29, 1.82) is 0 Å². The van der Waals surface area contributed by atoms with Crippen LogP contribution in [0.1, 0.15) is 32.8 Å². The Kier molecular flexibility index (Phi) is 4.41. The summed E-state index contributed by atoms with van der Waals surface area (Å²) >= 11 is 0. The lowest BCUT2D eigenvalue weighted by Gasteiger charge is -2.31. The molecule has 2 nitrogen and oxygen atoms in total. The number of rotatable bonds is 3. The second-order valence-electron chi connectivity index (χ2n) is 5.67. The first-order valence-electron chi connectivity index (χ1n) is 6.96. The van der Waals surface area contributed by atoms with Gasteiger partial charge >= 0.3 is 5.97 Å². The van der Waals surface area contributed by atoms with Crippen molar-refractivity contribution in [2.75, 3.05) is 0 Å². The largest absolute Gasteiger partial charge is 0.461 e. The van der Waals surface area contributed by atoms with Crippen molar-refractivity contribution in [1.82, 2.24) is 0 Å². The molecule has 0 bridgehead atoms. The van der Waals surface area contributed by atoms with Crippen LogP contribution in [0, 0.1) is 17.8 Å². The molecule has 0 spiro atoms. The zero-order valence-electron chi connectivity index (χ0n) is 11.9. The van der Waals surface area contributed by atoms with E-state index in [0.29, 0.717) is 12.5 Å². The lowest BCUT2D eigenvalue weighted by atomic mass is 9.75. The number of carbonyl (C=O) groups is 1. The maximum Gasteiger partial charge on any atom is 0.310 e. The van der Waals surface area contributed by atoms with E-state index >= 15 is 0 Å². The van der Waals surface area contributed by atoms with Gasteiger partial charge in [0, 0.05) is 0 Å². The Hall–Kier alpha value is -1.57. The molecule has 3 atom stereocenters. The first-order valence-corrected chi connectivity index (χ1v) is 6.96. The second kappa shape index (κ2) is 6.05. The van der Waals surface area contributed by atoms with Gasteiger partial charge in [0.15, 0.2) is 0 Å². The summed E-state index contributed by atoms with van der Waals surface area (Å²) in [5, 5.41) is 0. The zero-order chi connectivity index (χ0) is 13.8. The zero-order valence-corrected chi connectivity index (χ0v) is 11.9. The first-order chi connectivity index (χ1) is 9.08. The number of hydrogen-bond donors (Lipinski definition) is 0. The smallest absolute Gasteiger partial charge is 0.310 e. The van der Waals surface area contributed by atoms with Gasteiger partial charge in [0.25, 0.3) is 0 Å². The van der Waals surface area contributed by atoms with E-state index < -0.39 is 0 Å². The number of allylic oxidation sites excluding steroid dienone is 2. The van der Waals surface area contributed by atoms with Crippen LogP contribution in [0.5, 0.6) is 0 Å². The highest BCUT2D eigenvalue weighted by Crippen LogP contribution is 2.34. The van der Waals surface area contributed by atoms with Gasteiger partial charge in [0.2, 0.25) is 0 Å². The normalized spacial score (nSPS) is 26.7. The third-order valence-electron chi connectivity index (χ3n) is 3.87. The molecule has 0 amide bonds. The molecular formula is C17H22O2. The molecule has 1 aromatic rings. The topological polar surface area (TPSA) is 26.3 Å². The highest BCUT2D eigenvalue weighted by atomic mass is 16.5. The molecule has 1 aliphatic rings. The molecule has 1 aromatic carbocycles. The van der Waals surface area contributed by atoms with Crippen LogP contribution in [-0.4, -0.2) is 5.97 Å². The Balaban J connectivity index is 1.96. The Morgan fingerprint density at radius 3 is 2.58 bits per heavy atom. The Labute approximate surface area is 115 Å². The fourth-order valence-corrected chi connectivity index (χ4v) is 3.05. The predicted molar refractivity (Wildman–Crippen MR) is 76.4 cm³/mol. The highest BCUT2D eigenvalue weighted by molar-refractivity contribution is 5.73. The molecular weight excluding hydrogens is 236 g/mol. The number of hydrogen-bond acceptors (Lipinski definition) is 2. The van der Waals surface area contributed by atoms with E-state index in [1.54, 1.807) is 0 Å². The van der Waals surface area contributed by atoms with Crippen LogP contribution in [-0.2, 0) is 16.1 Å². The van der Waals surface area contributed by atoms with E-state index in [1.165, 1.54) is 5.57 Å². The summed E-state index contributed by atoms with van der Waals surface area (Å²) in [6.45, 7) is 6.76. The van der Waals surface area contributed by atoms with Gasteiger partial charge in [-0.25, -0.2) is 0 Å². The minimum Gasteiger partial charge on any atom is -0.461 e. The van der Waals surface area contributed by atoms with Crippen LogP contribution in [0.25, 0.3) is 0 Å². The molecule has 19 heavy (non-hydrogen) atoms. The number of carbonyl (C=O) groups excluding carboxylic acids is 1. The number of ether oxygens (including phenoxy) is 1. The summed E-state index contributed by atoms with van der Waals surface area (Å²) < 4.78 is 5.48. The molecule has 1 aliphatic carbocycles. The number of benzene rings is 1. The molecule has 0 fully saturated rings. The summed E-state index contributed by atoms with van der Waals surface area (Å²) in [6.07, 6.45) is 3.20. The van der Waals surface area contributed by atoms with Gasteiger partial charge in [-0.05, 0) is 30.7 Å². The lowest BCUT2D eigenvalue weighted by Crippen LogP contribution is -2.32. The van der Waals surface area contributed by atoms with Crippen molar-refractivity contribution in [2.45, 2.75) is 33.8 Å². The third-order valence-corrected chi connectivity index (χ3v) is 3.87. The minimum absolute atomic E-state index is 0.00703. The quantitative estimate of drug-likeness (QED) is 0.605. The first kappa shape index (κ1) is 13.9. The van der Waals surface area contributed by atoms with Gasteiger partial charge in [0.05, 0.1) is 5.92 Å². The highest BCUT2D eigenvalue weighted by Gasteiger charge is 2.33. The van der Waals surface area contributed by atoms with E-state index in [9.17, 15) is 4.79 Å². The summed E-state index contributed by atoms with van der Waals surface area (Å²) in [7, 11) is 0. The Bertz CT molecular complexity index is 461. The van der Waals surface area contributed by atoms with E-state index in [0.717, 1.165) is 12.0 Å². The van der Waals surface area contributed by atoms with Crippen LogP contribution in [0.3, 0.4) is 0 Å². The van der Waals surface area contributed by atoms with Crippen molar-refractivity contribution < 1.29 is 9.53 Å². The van der Waals surface area contributed by atoms with E-state index in [2.05, 4.69) is 26.8 Å². The molecule has 2 heteroatoms. The predicted octanol–water partition coefficient (Wildman–Crippen LogP) is 3.97. The van der Waals surface area contributed by atoms with E-state index in [1.807, 2.05) is 30.3 Å². The molecule has 0 saturated heterocycles. The molecule has 0 saturated carbocycles. The van der Waals surface area contributed by atoms with Gasteiger partial charge in [-0.2, -0.15) is 0 Å². The standard InChI is InChI=1S/C17H22O2/c1-12-9-13(2)16(14(3)10-12)17(18)19-11-15-7-5-4-6-8-15/h4-9,13-14,16H,10-11H2,1-3H3/t13-,14-,16-/m0/s1. The molecule has 0 heterocycles. The average molecular weight is 258 g/mol. The summed E-state index contributed by atoms with van der Waals surface area (Å²) in [6, 6.07) is 9.84. The SMILES string of the molecule is CC1=C[C@H](C)[C@H](C(=O)OCc2ccccc2)[C@@H](C)C1. The monoisotopic (exact) mass is 258 g/mol. The fourth-order valence-electron chi connectivity index (χ4n) is 3.05. The van der Waals surface area contributed by atoms with Crippen LogP contribution in [0.15, 0.2) is 42.0 Å². The minimum atomic E-state index is -0.0624. The molecule has 0 aromatic heterocycles. The summed E-state index contributed by atoms with van der Waals surface area (Å²) in [4.78, 5) is 12.2. The molecule has 2 rings (SSSR count). The van der Waals surface area contributed by atoms with Crippen molar-refractivity contribution in [2.24, 2.45) is 17.8 Å². The van der Waals surface area contributed by atoms with Gasteiger partial charge in [-0.3, -0.25) is 4.79 Å². The van der Waals surface area contributed by atoms with E-state index in [4.69, 9.17) is 4.74 Å². The maximum absolute atomic E-state index is 12.2.